The van der Waals surface area contributed by atoms with Crippen molar-refractivity contribution in [3.8, 4) is 0 Å². The van der Waals surface area contributed by atoms with Crippen LogP contribution in [0.1, 0.15) is 6.23 Å². The highest BCUT2D eigenvalue weighted by Gasteiger charge is 2.46. The highest BCUT2D eigenvalue weighted by Crippen LogP contribution is 2.34. The maximum atomic E-state index is 11.5. The molecule has 3 heterocycles. The Balaban J connectivity index is 1.66. The number of imidazole rings is 1. The molecule has 28 heavy (non-hydrogen) atoms. The molecule has 0 spiro atoms. The van der Waals surface area contributed by atoms with Crippen molar-refractivity contribution in [3.63, 3.8) is 0 Å². The first-order valence-corrected chi connectivity index (χ1v) is 10.1. The third-order valence-corrected chi connectivity index (χ3v) is 4.87. The van der Waals surface area contributed by atoms with Crippen molar-refractivity contribution in [1.82, 2.24) is 19.5 Å². The van der Waals surface area contributed by atoms with Crippen LogP contribution in [0.15, 0.2) is 6.33 Å². The van der Waals surface area contributed by atoms with Gasteiger partial charge >= 0.3 is 16.5 Å². The van der Waals surface area contributed by atoms with Crippen molar-refractivity contribution in [2.45, 2.75) is 24.5 Å². The maximum Gasteiger partial charge on any atom is 0.700 e. The summed E-state index contributed by atoms with van der Waals surface area (Å²) in [4.78, 5) is 20.2. The van der Waals surface area contributed by atoms with Crippen molar-refractivity contribution in [2.24, 2.45) is 0 Å². The highest BCUT2D eigenvalue weighted by atomic mass is 35.5. The second kappa shape index (κ2) is 8.93. The summed E-state index contributed by atoms with van der Waals surface area (Å²) in [5, 5.41) is 20.3. The van der Waals surface area contributed by atoms with E-state index in [0.717, 1.165) is 0 Å². The van der Waals surface area contributed by atoms with E-state index in [2.05, 4.69) is 24.0 Å². The minimum Gasteiger partial charge on any atom is -0.387 e. The second-order valence-electron chi connectivity index (χ2n) is 5.38. The van der Waals surface area contributed by atoms with Gasteiger partial charge in [-0.2, -0.15) is 9.97 Å². The largest absolute Gasteiger partial charge is 0.700 e. The molecule has 152 valence electrons. The lowest BCUT2D eigenvalue weighted by molar-refractivity contribution is -0.0489. The number of nitrogens with zero attached hydrogens (tertiary/aromatic N) is 4. The Morgan fingerprint density at radius 3 is 2.71 bits per heavy atom. The number of aliphatic hydroxyl groups is 2. The number of aromatic nitrogens is 4. The molecule has 0 saturated carbocycles. The molecule has 0 aliphatic carbocycles. The van der Waals surface area contributed by atoms with Gasteiger partial charge in [-0.1, -0.05) is 9.05 Å². The van der Waals surface area contributed by atoms with E-state index in [9.17, 15) is 19.3 Å². The zero-order valence-corrected chi connectivity index (χ0v) is 16.3. The summed E-state index contributed by atoms with van der Waals surface area (Å²) >= 11 is 5.79. The minimum absolute atomic E-state index is 0.0302. The first-order chi connectivity index (χ1) is 13.3. The van der Waals surface area contributed by atoms with Gasteiger partial charge in [0.05, 0.1) is 6.33 Å². The summed E-state index contributed by atoms with van der Waals surface area (Å²) in [6, 6.07) is 0. The van der Waals surface area contributed by atoms with E-state index < -0.39 is 54.4 Å². The van der Waals surface area contributed by atoms with Crippen LogP contribution in [0.25, 0.3) is 11.2 Å². The zero-order valence-electron chi connectivity index (χ0n) is 13.7. The Hall–Kier alpha value is -1.44. The number of aliphatic hydroxyl groups excluding tert-OH is 2. The Morgan fingerprint density at radius 1 is 1.25 bits per heavy atom. The van der Waals surface area contributed by atoms with Crippen LogP contribution >= 0.6 is 28.1 Å². The Bertz CT molecular complexity index is 901. The number of nitrogens with two attached hydrogens (primary N) is 1. The van der Waals surface area contributed by atoms with Gasteiger partial charge in [-0.3, -0.25) is 4.57 Å². The van der Waals surface area contributed by atoms with E-state index >= 15 is 0 Å². The highest BCUT2D eigenvalue weighted by molar-refractivity contribution is 7.33. The van der Waals surface area contributed by atoms with Gasteiger partial charge in [0.2, 0.25) is 5.28 Å². The van der Waals surface area contributed by atoms with E-state index in [-0.39, 0.29) is 22.3 Å². The van der Waals surface area contributed by atoms with Crippen LogP contribution in [0.3, 0.4) is 0 Å². The first-order valence-electron chi connectivity index (χ1n) is 7.47. The molecule has 5 N–H and O–H groups in total. The summed E-state index contributed by atoms with van der Waals surface area (Å²) in [5.74, 6) is 0.0302. The number of halogens is 1. The van der Waals surface area contributed by atoms with Crippen molar-refractivity contribution >= 4 is 45.1 Å². The molecule has 1 saturated heterocycles. The predicted octanol–water partition coefficient (Wildman–Crippen LogP) is -0.00450. The van der Waals surface area contributed by atoms with E-state index in [1.807, 2.05) is 0 Å². The van der Waals surface area contributed by atoms with Crippen LogP contribution in [0.5, 0.6) is 0 Å². The summed E-state index contributed by atoms with van der Waals surface area (Å²) in [6.07, 6.45) is -3.71. The Labute approximate surface area is 163 Å². The minimum atomic E-state index is -2.90. The topological polar surface area (TPSA) is 201 Å². The van der Waals surface area contributed by atoms with Crippen molar-refractivity contribution in [2.75, 3.05) is 19.1 Å². The molecule has 1 aliphatic heterocycles. The number of anilines is 1. The van der Waals surface area contributed by atoms with Gasteiger partial charge in [0.15, 0.2) is 17.7 Å². The lowest BCUT2D eigenvalue weighted by Gasteiger charge is -2.16. The molecule has 2 aromatic heterocycles. The van der Waals surface area contributed by atoms with Crippen LogP contribution in [0.2, 0.25) is 5.28 Å². The molecule has 0 aromatic carbocycles. The summed E-state index contributed by atoms with van der Waals surface area (Å²) in [5.41, 5.74) is 6.13. The number of fused-ring (bicyclic) bond motifs is 1. The maximum absolute atomic E-state index is 11.5. The summed E-state index contributed by atoms with van der Waals surface area (Å²) in [7, 11) is -5.62. The average Bonchev–Trinajstić information content (AvgIpc) is 3.15. The first kappa shape index (κ1) is 21.3. The lowest BCUT2D eigenvalue weighted by atomic mass is 10.1. The van der Waals surface area contributed by atoms with Crippen molar-refractivity contribution in [3.05, 3.63) is 11.6 Å². The number of nitrogen functional groups attached to an aromatic ring is 1. The molecule has 2 unspecified atom stereocenters. The molecule has 14 nitrogen and oxygen atoms in total. The summed E-state index contributed by atoms with van der Waals surface area (Å²) < 4.78 is 42.2. The van der Waals surface area contributed by atoms with Crippen LogP contribution in [-0.2, 0) is 27.4 Å². The van der Waals surface area contributed by atoms with Gasteiger partial charge in [-0.05, 0) is 11.6 Å². The van der Waals surface area contributed by atoms with Gasteiger partial charge in [-0.15, -0.1) is 9.42 Å². The van der Waals surface area contributed by atoms with Crippen LogP contribution < -0.4 is 5.73 Å². The molecular formula is C11H14ClN5O9P2+2. The van der Waals surface area contributed by atoms with Crippen LogP contribution in [0.4, 0.5) is 5.82 Å². The number of hydrogen-bond donors (Lipinski definition) is 4. The lowest BCUT2D eigenvalue weighted by Crippen LogP contribution is -2.33. The molecular weight excluding hydrogens is 444 g/mol. The molecule has 0 radical (unpaired) electrons. The Kier molecular flexibility index (Phi) is 6.78. The molecule has 0 amide bonds. The molecule has 3 rings (SSSR count). The summed E-state index contributed by atoms with van der Waals surface area (Å²) in [6.45, 7) is -1.15. The predicted molar refractivity (Wildman–Crippen MR) is 91.1 cm³/mol. The molecule has 0 bridgehead atoms. The van der Waals surface area contributed by atoms with Gasteiger partial charge in [0, 0.05) is 9.13 Å². The third kappa shape index (κ3) is 4.58. The quantitative estimate of drug-likeness (QED) is 0.234. The third-order valence-electron chi connectivity index (χ3n) is 3.70. The molecule has 17 heteroatoms. The van der Waals surface area contributed by atoms with E-state index in [1.165, 1.54) is 10.9 Å². The fourth-order valence-electron chi connectivity index (χ4n) is 2.48. The van der Waals surface area contributed by atoms with Crippen LogP contribution in [-0.4, -0.2) is 66.3 Å². The standard InChI is InChI=1S/C11H13ClN5O9P2/c12-11-15-8(13)5-9(16-11)17(2-14-5)10-7(19)6(18)4(26-10)1-23-28(22)25-3-24-27(20)21/h2,4,6-7,10,18-19H,1,3H2,(H2-,13,15,16,20,21)/q+1/p+1/t4-,6-,7-,10-/m1/s1. The van der Waals surface area contributed by atoms with Crippen molar-refractivity contribution in [1.29, 1.82) is 0 Å². The SMILES string of the molecule is Nc1nc(Cl)nc2c1ncn2[C@@H]1O[C@H](CO[P+](=O)OCO[P+](=O)O)[C@@H](O)[C@H]1O. The van der Waals surface area contributed by atoms with Gasteiger partial charge in [0.25, 0.3) is 6.79 Å². The van der Waals surface area contributed by atoms with Gasteiger partial charge in [-0.25, -0.2) is 4.98 Å². The number of ether oxygens (including phenoxy) is 1. The number of rotatable bonds is 8. The fourth-order valence-corrected chi connectivity index (χ4v) is 3.36. The smallest absolute Gasteiger partial charge is 0.387 e. The second-order valence-corrected chi connectivity index (χ2v) is 7.42. The molecule has 6 atom stereocenters. The zero-order chi connectivity index (χ0) is 20.4. The van der Waals surface area contributed by atoms with Gasteiger partial charge in [0.1, 0.15) is 30.4 Å². The average molecular weight is 458 g/mol. The van der Waals surface area contributed by atoms with E-state index in [4.69, 9.17) is 31.5 Å². The number of hydrogen-bond acceptors (Lipinski definition) is 12. The molecule has 1 aliphatic rings. The monoisotopic (exact) mass is 457 g/mol. The normalized spacial score (nSPS) is 26.0. The van der Waals surface area contributed by atoms with E-state index in [0.29, 0.717) is 0 Å². The fraction of sp³-hybridized carbons (Fsp3) is 0.545. The van der Waals surface area contributed by atoms with Crippen LogP contribution in [0, 0.1) is 0 Å². The Morgan fingerprint density at radius 2 is 2.00 bits per heavy atom. The van der Waals surface area contributed by atoms with Crippen molar-refractivity contribution < 1.29 is 42.5 Å². The van der Waals surface area contributed by atoms with Gasteiger partial charge < -0.3 is 20.7 Å². The molecule has 1 fully saturated rings. The molecule has 2 aromatic rings. The van der Waals surface area contributed by atoms with E-state index in [1.54, 1.807) is 0 Å².